The molecule has 0 radical (unpaired) electrons. The Bertz CT molecular complexity index is 471. The van der Waals surface area contributed by atoms with Crippen molar-refractivity contribution in [2.75, 3.05) is 19.7 Å². The minimum atomic E-state index is -0.0132. The number of aliphatic hydroxyl groups excluding tert-OH is 1. The number of carbonyl (C=O) groups is 1. The van der Waals surface area contributed by atoms with Gasteiger partial charge < -0.3 is 15.3 Å². The van der Waals surface area contributed by atoms with Crippen molar-refractivity contribution in [3.05, 3.63) is 33.8 Å². The monoisotopic (exact) mass is 340 g/mol. The van der Waals surface area contributed by atoms with Gasteiger partial charge in [-0.3, -0.25) is 0 Å². The second kappa shape index (κ2) is 7.09. The first kappa shape index (κ1) is 15.3. The van der Waals surface area contributed by atoms with Crippen molar-refractivity contribution in [2.45, 2.75) is 26.3 Å². The average Bonchev–Trinajstić information content (AvgIpc) is 2.48. The summed E-state index contributed by atoms with van der Waals surface area (Å²) in [6.07, 6.45) is 1.78. The lowest BCUT2D eigenvalue weighted by Gasteiger charge is -2.31. The molecule has 1 fully saturated rings. The lowest BCUT2D eigenvalue weighted by Crippen LogP contribution is -2.44. The Morgan fingerprint density at radius 1 is 1.45 bits per heavy atom. The number of likely N-dealkylation sites (tertiary alicyclic amines) is 1. The number of rotatable bonds is 3. The van der Waals surface area contributed by atoms with Gasteiger partial charge in [0.1, 0.15) is 0 Å². The van der Waals surface area contributed by atoms with Crippen LogP contribution in [0.5, 0.6) is 0 Å². The van der Waals surface area contributed by atoms with Gasteiger partial charge in [-0.15, -0.1) is 0 Å². The molecule has 1 aromatic carbocycles. The summed E-state index contributed by atoms with van der Waals surface area (Å²) in [5.41, 5.74) is 2.30. The number of hydrogen-bond acceptors (Lipinski definition) is 2. The molecule has 110 valence electrons. The Morgan fingerprint density at radius 3 is 2.80 bits per heavy atom. The number of benzene rings is 1. The largest absolute Gasteiger partial charge is 0.396 e. The molecular weight excluding hydrogens is 320 g/mol. The Kier molecular flexibility index (Phi) is 5.43. The van der Waals surface area contributed by atoms with E-state index in [9.17, 15) is 4.79 Å². The van der Waals surface area contributed by atoms with Crippen LogP contribution in [0.25, 0.3) is 0 Å². The molecule has 0 atom stereocenters. The molecule has 1 aromatic rings. The molecular formula is C15H21BrN2O2. The molecule has 1 saturated heterocycles. The second-order valence-electron chi connectivity index (χ2n) is 5.34. The maximum Gasteiger partial charge on any atom is 0.317 e. The fourth-order valence-electron chi connectivity index (χ4n) is 2.43. The van der Waals surface area contributed by atoms with Crippen molar-refractivity contribution in [3.63, 3.8) is 0 Å². The minimum Gasteiger partial charge on any atom is -0.396 e. The fraction of sp³-hybridized carbons (Fsp3) is 0.533. The highest BCUT2D eigenvalue weighted by molar-refractivity contribution is 9.10. The van der Waals surface area contributed by atoms with E-state index in [4.69, 9.17) is 5.11 Å². The Balaban J connectivity index is 1.85. The zero-order chi connectivity index (χ0) is 14.5. The molecule has 2 rings (SSSR count). The van der Waals surface area contributed by atoms with Gasteiger partial charge >= 0.3 is 6.03 Å². The lowest BCUT2D eigenvalue weighted by atomic mass is 9.98. The maximum atomic E-state index is 12.1. The summed E-state index contributed by atoms with van der Waals surface area (Å²) in [6.45, 7) is 4.28. The summed E-state index contributed by atoms with van der Waals surface area (Å²) in [6, 6.07) is 6.06. The molecule has 0 bridgehead atoms. The van der Waals surface area contributed by atoms with Gasteiger partial charge in [-0.1, -0.05) is 22.0 Å². The standard InChI is InChI=1S/C15H21BrN2O2/c1-11-2-3-14(16)8-13(11)9-17-15(20)18-6-4-12(10-19)5-7-18/h2-3,8,12,19H,4-7,9-10H2,1H3,(H,17,20). The van der Waals surface area contributed by atoms with Crippen LogP contribution in [-0.2, 0) is 6.54 Å². The quantitative estimate of drug-likeness (QED) is 0.888. The maximum absolute atomic E-state index is 12.1. The lowest BCUT2D eigenvalue weighted by molar-refractivity contribution is 0.137. The number of hydrogen-bond donors (Lipinski definition) is 2. The fourth-order valence-corrected chi connectivity index (χ4v) is 2.84. The first-order valence-electron chi connectivity index (χ1n) is 6.99. The van der Waals surface area contributed by atoms with E-state index in [0.717, 1.165) is 36.0 Å². The number of piperidine rings is 1. The minimum absolute atomic E-state index is 0.0132. The number of carbonyl (C=O) groups excluding carboxylic acids is 1. The van der Waals surface area contributed by atoms with Gasteiger partial charge in [0.25, 0.3) is 0 Å². The highest BCUT2D eigenvalue weighted by Crippen LogP contribution is 2.18. The van der Waals surface area contributed by atoms with Gasteiger partial charge in [-0.05, 0) is 48.9 Å². The van der Waals surface area contributed by atoms with Crippen LogP contribution in [0.15, 0.2) is 22.7 Å². The van der Waals surface area contributed by atoms with E-state index in [0.29, 0.717) is 12.5 Å². The summed E-state index contributed by atoms with van der Waals surface area (Å²) in [4.78, 5) is 13.9. The number of aliphatic hydroxyl groups is 1. The summed E-state index contributed by atoms with van der Waals surface area (Å²) in [7, 11) is 0. The van der Waals surface area contributed by atoms with Crippen LogP contribution in [0.3, 0.4) is 0 Å². The van der Waals surface area contributed by atoms with Crippen molar-refractivity contribution in [1.82, 2.24) is 10.2 Å². The van der Waals surface area contributed by atoms with Gasteiger partial charge in [0.2, 0.25) is 0 Å². The molecule has 1 heterocycles. The van der Waals surface area contributed by atoms with Crippen LogP contribution in [0.1, 0.15) is 24.0 Å². The number of urea groups is 1. The third-order valence-corrected chi connectivity index (χ3v) is 4.39. The summed E-state index contributed by atoms with van der Waals surface area (Å²) in [5.74, 6) is 0.353. The van der Waals surface area contributed by atoms with Gasteiger partial charge in [-0.25, -0.2) is 4.79 Å². The molecule has 1 aliphatic rings. The highest BCUT2D eigenvalue weighted by atomic mass is 79.9. The van der Waals surface area contributed by atoms with Crippen LogP contribution < -0.4 is 5.32 Å². The Morgan fingerprint density at radius 2 is 2.15 bits per heavy atom. The smallest absolute Gasteiger partial charge is 0.317 e. The van der Waals surface area contributed by atoms with Crippen molar-refractivity contribution in [1.29, 1.82) is 0 Å². The van der Waals surface area contributed by atoms with E-state index in [1.807, 2.05) is 30.0 Å². The summed E-state index contributed by atoms with van der Waals surface area (Å²) < 4.78 is 1.02. The van der Waals surface area contributed by atoms with E-state index in [1.165, 1.54) is 5.56 Å². The molecule has 0 aliphatic carbocycles. The second-order valence-corrected chi connectivity index (χ2v) is 6.26. The Hall–Kier alpha value is -1.07. The SMILES string of the molecule is Cc1ccc(Br)cc1CNC(=O)N1CCC(CO)CC1. The van der Waals surface area contributed by atoms with E-state index in [2.05, 4.69) is 21.2 Å². The molecule has 2 N–H and O–H groups in total. The van der Waals surface area contributed by atoms with Gasteiger partial charge in [-0.2, -0.15) is 0 Å². The Labute approximate surface area is 128 Å². The van der Waals surface area contributed by atoms with Crippen LogP contribution in [0.2, 0.25) is 0 Å². The summed E-state index contributed by atoms with van der Waals surface area (Å²) >= 11 is 3.45. The van der Waals surface area contributed by atoms with Crippen LogP contribution in [-0.4, -0.2) is 35.7 Å². The number of amides is 2. The first-order valence-corrected chi connectivity index (χ1v) is 7.78. The number of halogens is 1. The molecule has 0 unspecified atom stereocenters. The number of nitrogens with one attached hydrogen (secondary N) is 1. The zero-order valence-corrected chi connectivity index (χ0v) is 13.3. The summed E-state index contributed by atoms with van der Waals surface area (Å²) in [5, 5.41) is 12.1. The van der Waals surface area contributed by atoms with Gasteiger partial charge in [0.05, 0.1) is 0 Å². The zero-order valence-electron chi connectivity index (χ0n) is 11.7. The molecule has 5 heteroatoms. The predicted molar refractivity (Wildman–Crippen MR) is 82.5 cm³/mol. The van der Waals surface area contributed by atoms with Crippen molar-refractivity contribution < 1.29 is 9.90 Å². The molecule has 1 aliphatic heterocycles. The third-order valence-electron chi connectivity index (χ3n) is 3.90. The first-order chi connectivity index (χ1) is 9.60. The van der Waals surface area contributed by atoms with E-state index < -0.39 is 0 Å². The third kappa shape index (κ3) is 3.96. The molecule has 2 amide bonds. The molecule has 0 saturated carbocycles. The number of aryl methyl sites for hydroxylation is 1. The van der Waals surface area contributed by atoms with E-state index in [1.54, 1.807) is 0 Å². The number of nitrogens with zero attached hydrogens (tertiary/aromatic N) is 1. The van der Waals surface area contributed by atoms with Crippen molar-refractivity contribution in [2.24, 2.45) is 5.92 Å². The molecule has 0 aromatic heterocycles. The van der Waals surface area contributed by atoms with E-state index in [-0.39, 0.29) is 12.6 Å². The highest BCUT2D eigenvalue weighted by Gasteiger charge is 2.21. The van der Waals surface area contributed by atoms with E-state index >= 15 is 0 Å². The molecule has 4 nitrogen and oxygen atoms in total. The topological polar surface area (TPSA) is 52.6 Å². The van der Waals surface area contributed by atoms with Crippen LogP contribution in [0.4, 0.5) is 4.79 Å². The predicted octanol–water partition coefficient (Wildman–Crippen LogP) is 2.67. The molecule has 20 heavy (non-hydrogen) atoms. The van der Waals surface area contributed by atoms with Crippen molar-refractivity contribution >= 4 is 22.0 Å². The average molecular weight is 341 g/mol. The normalized spacial score (nSPS) is 16.2. The molecule has 0 spiro atoms. The van der Waals surface area contributed by atoms with Crippen molar-refractivity contribution in [3.8, 4) is 0 Å². The van der Waals surface area contributed by atoms with Crippen LogP contribution >= 0.6 is 15.9 Å². The van der Waals surface area contributed by atoms with Gasteiger partial charge in [0.15, 0.2) is 0 Å². The van der Waals surface area contributed by atoms with Crippen LogP contribution in [0, 0.1) is 12.8 Å². The van der Waals surface area contributed by atoms with Gasteiger partial charge in [0, 0.05) is 30.7 Å².